The van der Waals surface area contributed by atoms with Crippen LogP contribution in [0.15, 0.2) is 48.5 Å². The zero-order valence-corrected chi connectivity index (χ0v) is 20.5. The molecule has 164 valence electrons. The van der Waals surface area contributed by atoms with E-state index >= 15 is 0 Å². The van der Waals surface area contributed by atoms with Crippen molar-refractivity contribution in [3.8, 4) is 0 Å². The molecule has 0 radical (unpaired) electrons. The summed E-state index contributed by atoms with van der Waals surface area (Å²) in [6, 6.07) is 14.0. The van der Waals surface area contributed by atoms with Crippen LogP contribution in [-0.2, 0) is 0 Å². The minimum absolute atomic E-state index is 0.646. The molecule has 2 atom stereocenters. The van der Waals surface area contributed by atoms with Gasteiger partial charge >= 0.3 is 6.03 Å². The van der Waals surface area contributed by atoms with Gasteiger partial charge in [0.15, 0.2) is 0 Å². The van der Waals surface area contributed by atoms with Crippen LogP contribution in [0.5, 0.6) is 0 Å². The Labute approximate surface area is 205 Å². The van der Waals surface area contributed by atoms with Crippen LogP contribution in [0.25, 0.3) is 0 Å². The number of rotatable bonds is 6. The predicted molar refractivity (Wildman–Crippen MR) is 129 cm³/mol. The van der Waals surface area contributed by atoms with Crippen LogP contribution in [-0.4, -0.2) is 25.9 Å². The number of aryl methyl sites for hydroxylation is 2. The maximum absolute atomic E-state index is 12.6. The molecule has 0 bridgehead atoms. The van der Waals surface area contributed by atoms with E-state index in [0.29, 0.717) is 11.4 Å². The fraction of sp³-hybridized carbons (Fsp3) is 0.316. The number of halogens is 6. The van der Waals surface area contributed by atoms with E-state index in [1.165, 1.54) is 0 Å². The molecule has 0 aliphatic rings. The van der Waals surface area contributed by atoms with E-state index in [1.54, 1.807) is 24.3 Å². The van der Waals surface area contributed by atoms with Gasteiger partial charge in [-0.3, -0.25) is 0 Å². The van der Waals surface area contributed by atoms with Gasteiger partial charge in [0, 0.05) is 11.4 Å². The normalized spacial score (nSPS) is 13.9. The molecule has 2 aromatic rings. The molecule has 4 N–H and O–H groups in total. The molecule has 2 aromatic carbocycles. The highest BCUT2D eigenvalue weighted by Gasteiger charge is 2.37. The molecular formula is C19H20Cl6N4O. The second-order valence-electron chi connectivity index (χ2n) is 6.59. The first kappa shape index (κ1) is 25.3. The summed E-state index contributed by atoms with van der Waals surface area (Å²) in [7, 11) is 0. The van der Waals surface area contributed by atoms with Crippen molar-refractivity contribution in [2.75, 3.05) is 10.6 Å². The Morgan fingerprint density at radius 2 is 0.967 bits per heavy atom. The van der Waals surface area contributed by atoms with E-state index < -0.39 is 25.9 Å². The Hall–Kier alpha value is -0.950. The molecule has 2 rings (SSSR count). The number of urea groups is 1. The maximum atomic E-state index is 12.6. The van der Waals surface area contributed by atoms with E-state index in [1.807, 2.05) is 38.1 Å². The summed E-state index contributed by atoms with van der Waals surface area (Å²) in [4.78, 5) is 12.6. The lowest BCUT2D eigenvalue weighted by Crippen LogP contribution is -2.57. The van der Waals surface area contributed by atoms with Gasteiger partial charge in [0.1, 0.15) is 12.3 Å². The number of anilines is 2. The molecule has 0 aromatic heterocycles. The highest BCUT2D eigenvalue weighted by atomic mass is 35.6. The number of nitrogens with one attached hydrogen (secondary N) is 4. The van der Waals surface area contributed by atoms with Crippen LogP contribution < -0.4 is 21.3 Å². The molecule has 0 spiro atoms. The SMILES string of the molecule is Cc1ccc(N[C@@H](NC(=O)N[C@H](Nc2ccc(C)cc2)C(Cl)(Cl)Cl)C(Cl)(Cl)Cl)cc1. The van der Waals surface area contributed by atoms with Crippen LogP contribution in [0.4, 0.5) is 16.2 Å². The summed E-state index contributed by atoms with van der Waals surface area (Å²) in [5, 5.41) is 11.0. The van der Waals surface area contributed by atoms with E-state index in [9.17, 15) is 4.79 Å². The minimum Gasteiger partial charge on any atom is -0.362 e. The van der Waals surface area contributed by atoms with Gasteiger partial charge in [-0.1, -0.05) is 105 Å². The summed E-state index contributed by atoms with van der Waals surface area (Å²) in [5.41, 5.74) is 3.41. The molecule has 0 saturated carbocycles. The molecule has 0 heterocycles. The predicted octanol–water partition coefficient (Wildman–Crippen LogP) is 6.52. The minimum atomic E-state index is -1.86. The third kappa shape index (κ3) is 8.29. The molecule has 0 aliphatic heterocycles. The Bertz CT molecular complexity index is 765. The molecule has 11 heteroatoms. The first-order chi connectivity index (χ1) is 13.8. The van der Waals surface area contributed by atoms with Crippen LogP contribution in [0.3, 0.4) is 0 Å². The van der Waals surface area contributed by atoms with Gasteiger partial charge in [0.25, 0.3) is 0 Å². The first-order valence-corrected chi connectivity index (χ1v) is 11.0. The van der Waals surface area contributed by atoms with E-state index in [2.05, 4.69) is 21.3 Å². The van der Waals surface area contributed by atoms with Gasteiger partial charge in [-0.15, -0.1) is 0 Å². The quantitative estimate of drug-likeness (QED) is 0.253. The number of amides is 2. The fourth-order valence-corrected chi connectivity index (χ4v) is 2.99. The van der Waals surface area contributed by atoms with Crippen LogP contribution in [0.1, 0.15) is 11.1 Å². The van der Waals surface area contributed by atoms with Crippen molar-refractivity contribution in [2.45, 2.75) is 33.8 Å². The molecule has 0 unspecified atom stereocenters. The van der Waals surface area contributed by atoms with Gasteiger partial charge < -0.3 is 21.3 Å². The monoisotopic (exact) mass is 530 g/mol. The summed E-state index contributed by atoms with van der Waals surface area (Å²) in [5.74, 6) is 0. The summed E-state index contributed by atoms with van der Waals surface area (Å²) < 4.78 is -3.72. The topological polar surface area (TPSA) is 65.2 Å². The summed E-state index contributed by atoms with van der Waals surface area (Å²) >= 11 is 36.2. The van der Waals surface area contributed by atoms with Crippen LogP contribution in [0.2, 0.25) is 0 Å². The van der Waals surface area contributed by atoms with Gasteiger partial charge in [-0.25, -0.2) is 4.79 Å². The molecule has 5 nitrogen and oxygen atoms in total. The number of hydrogen-bond acceptors (Lipinski definition) is 3. The van der Waals surface area contributed by atoms with Crippen molar-refractivity contribution in [1.29, 1.82) is 0 Å². The lowest BCUT2D eigenvalue weighted by molar-refractivity contribution is 0.235. The highest BCUT2D eigenvalue weighted by molar-refractivity contribution is 6.68. The van der Waals surface area contributed by atoms with E-state index in [4.69, 9.17) is 69.6 Å². The van der Waals surface area contributed by atoms with Gasteiger partial charge in [0.05, 0.1) is 0 Å². The number of alkyl halides is 6. The Balaban J connectivity index is 2.10. The van der Waals surface area contributed by atoms with Crippen molar-refractivity contribution in [1.82, 2.24) is 10.6 Å². The third-order valence-corrected chi connectivity index (χ3v) is 5.24. The second kappa shape index (κ2) is 10.6. The lowest BCUT2D eigenvalue weighted by atomic mass is 10.2. The van der Waals surface area contributed by atoms with Gasteiger partial charge in [0.2, 0.25) is 7.59 Å². The van der Waals surface area contributed by atoms with Crippen molar-refractivity contribution < 1.29 is 4.79 Å². The average Bonchev–Trinajstić information content (AvgIpc) is 2.62. The van der Waals surface area contributed by atoms with E-state index in [-0.39, 0.29) is 0 Å². The second-order valence-corrected chi connectivity index (χ2v) is 11.3. The zero-order valence-electron chi connectivity index (χ0n) is 15.9. The largest absolute Gasteiger partial charge is 0.362 e. The maximum Gasteiger partial charge on any atom is 0.318 e. The fourth-order valence-electron chi connectivity index (χ4n) is 2.34. The van der Waals surface area contributed by atoms with Gasteiger partial charge in [-0.2, -0.15) is 0 Å². The third-order valence-electron chi connectivity index (χ3n) is 3.93. The van der Waals surface area contributed by atoms with E-state index in [0.717, 1.165) is 11.1 Å². The Kier molecular flexibility index (Phi) is 8.92. The summed E-state index contributed by atoms with van der Waals surface area (Å²) in [6.45, 7) is 3.89. The first-order valence-electron chi connectivity index (χ1n) is 8.71. The van der Waals surface area contributed by atoms with Gasteiger partial charge in [-0.05, 0) is 38.1 Å². The summed E-state index contributed by atoms with van der Waals surface area (Å²) in [6.07, 6.45) is -2.14. The standard InChI is InChI=1S/C19H20Cl6N4O/c1-11-3-7-13(8-4-11)26-15(18(20,21)22)28-17(30)29-16(19(23,24)25)27-14-9-5-12(2)6-10-14/h3-10,15-16,26-27H,1-2H3,(H2,28,29,30)/t15-,16-/m0/s1. The zero-order chi connectivity index (χ0) is 22.5. The lowest BCUT2D eigenvalue weighted by Gasteiger charge is -2.31. The van der Waals surface area contributed by atoms with Crippen molar-refractivity contribution in [3.05, 3.63) is 59.7 Å². The van der Waals surface area contributed by atoms with Crippen molar-refractivity contribution in [3.63, 3.8) is 0 Å². The Morgan fingerprint density at radius 3 is 1.23 bits per heavy atom. The smallest absolute Gasteiger partial charge is 0.318 e. The number of carbonyl (C=O) groups is 1. The highest BCUT2D eigenvalue weighted by Crippen LogP contribution is 2.32. The number of benzene rings is 2. The number of carbonyl (C=O) groups excluding carboxylic acids is 1. The molecule has 0 saturated heterocycles. The molecular weight excluding hydrogens is 513 g/mol. The molecule has 0 aliphatic carbocycles. The average molecular weight is 533 g/mol. The van der Waals surface area contributed by atoms with Crippen molar-refractivity contribution >= 4 is 87.0 Å². The van der Waals surface area contributed by atoms with Crippen molar-refractivity contribution in [2.24, 2.45) is 0 Å². The Morgan fingerprint density at radius 1 is 0.667 bits per heavy atom. The molecule has 0 fully saturated rings. The van der Waals surface area contributed by atoms with Crippen LogP contribution in [0, 0.1) is 13.8 Å². The molecule has 30 heavy (non-hydrogen) atoms. The molecule has 2 amide bonds. The van der Waals surface area contributed by atoms with Crippen LogP contribution >= 0.6 is 69.6 Å². The number of hydrogen-bond donors (Lipinski definition) is 4.